The van der Waals surface area contributed by atoms with Crippen molar-refractivity contribution in [2.75, 3.05) is 6.54 Å². The second-order valence-corrected chi connectivity index (χ2v) is 6.17. The Labute approximate surface area is 99.2 Å². The molecule has 3 N–H and O–H groups in total. The lowest BCUT2D eigenvalue weighted by Crippen LogP contribution is -2.50. The van der Waals surface area contributed by atoms with Crippen LogP contribution in [0.15, 0.2) is 0 Å². The van der Waals surface area contributed by atoms with Gasteiger partial charge in [-0.15, -0.1) is 0 Å². The van der Waals surface area contributed by atoms with Crippen molar-refractivity contribution >= 4 is 5.91 Å². The molecule has 1 amide bonds. The molecule has 0 radical (unpaired) electrons. The van der Waals surface area contributed by atoms with Crippen LogP contribution in [-0.4, -0.2) is 18.0 Å². The fourth-order valence-corrected chi connectivity index (χ4v) is 3.35. The zero-order valence-corrected chi connectivity index (χ0v) is 11.1. The van der Waals surface area contributed by atoms with Crippen LogP contribution in [-0.2, 0) is 4.79 Å². The number of nitrogens with one attached hydrogen (secondary N) is 1. The summed E-state index contributed by atoms with van der Waals surface area (Å²) in [6, 6.07) is 0. The highest BCUT2D eigenvalue weighted by atomic mass is 16.1. The monoisotopic (exact) mass is 226 g/mol. The minimum atomic E-state index is -0.187. The summed E-state index contributed by atoms with van der Waals surface area (Å²) < 4.78 is 0. The second kappa shape index (κ2) is 4.74. The van der Waals surface area contributed by atoms with Crippen molar-refractivity contribution in [2.45, 2.75) is 58.9 Å². The fraction of sp³-hybridized carbons (Fsp3) is 0.923. The highest BCUT2D eigenvalue weighted by Gasteiger charge is 2.48. The van der Waals surface area contributed by atoms with Crippen molar-refractivity contribution in [1.82, 2.24) is 5.32 Å². The minimum Gasteiger partial charge on any atom is -0.370 e. The largest absolute Gasteiger partial charge is 0.370 e. The van der Waals surface area contributed by atoms with E-state index in [1.54, 1.807) is 0 Å². The third kappa shape index (κ3) is 2.97. The molecule has 1 fully saturated rings. The van der Waals surface area contributed by atoms with E-state index in [9.17, 15) is 4.79 Å². The molecule has 1 aliphatic carbocycles. The standard InChI is InChI=1S/C13H26N2O/c1-5-6-15-13(8-11(14)16)9-12(3,4)7-10(13)2/h10,15H,5-9H2,1-4H3,(H2,14,16). The van der Waals surface area contributed by atoms with Crippen LogP contribution >= 0.6 is 0 Å². The number of rotatable bonds is 5. The number of hydrogen-bond donors (Lipinski definition) is 2. The summed E-state index contributed by atoms with van der Waals surface area (Å²) >= 11 is 0. The summed E-state index contributed by atoms with van der Waals surface area (Å²) in [5.41, 5.74) is 5.65. The maximum Gasteiger partial charge on any atom is 0.219 e. The topological polar surface area (TPSA) is 55.1 Å². The Bertz CT molecular complexity index is 263. The van der Waals surface area contributed by atoms with Gasteiger partial charge in [0.15, 0.2) is 0 Å². The Hall–Kier alpha value is -0.570. The van der Waals surface area contributed by atoms with Gasteiger partial charge in [-0.2, -0.15) is 0 Å². The summed E-state index contributed by atoms with van der Waals surface area (Å²) in [6.45, 7) is 9.91. The van der Waals surface area contributed by atoms with Gasteiger partial charge in [0.2, 0.25) is 5.91 Å². The van der Waals surface area contributed by atoms with Crippen LogP contribution in [0.2, 0.25) is 0 Å². The molecule has 0 aromatic rings. The van der Waals surface area contributed by atoms with Gasteiger partial charge in [0.1, 0.15) is 0 Å². The summed E-state index contributed by atoms with van der Waals surface area (Å²) in [4.78, 5) is 11.3. The number of carbonyl (C=O) groups excluding carboxylic acids is 1. The molecule has 0 aromatic carbocycles. The molecule has 0 heterocycles. The molecule has 0 aromatic heterocycles. The molecule has 1 aliphatic rings. The van der Waals surface area contributed by atoms with Crippen LogP contribution in [0.4, 0.5) is 0 Å². The average molecular weight is 226 g/mol. The zero-order chi connectivity index (χ0) is 12.4. The normalized spacial score (nSPS) is 32.9. The van der Waals surface area contributed by atoms with Crippen molar-refractivity contribution in [1.29, 1.82) is 0 Å². The van der Waals surface area contributed by atoms with E-state index in [0.717, 1.165) is 25.8 Å². The first-order valence-electron chi connectivity index (χ1n) is 6.35. The summed E-state index contributed by atoms with van der Waals surface area (Å²) in [5, 5.41) is 3.58. The third-order valence-corrected chi connectivity index (χ3v) is 3.81. The number of nitrogens with two attached hydrogens (primary N) is 1. The fourth-order valence-electron chi connectivity index (χ4n) is 3.35. The van der Waals surface area contributed by atoms with Gasteiger partial charge >= 0.3 is 0 Å². The molecule has 16 heavy (non-hydrogen) atoms. The zero-order valence-electron chi connectivity index (χ0n) is 11.1. The van der Waals surface area contributed by atoms with Crippen LogP contribution < -0.4 is 11.1 Å². The van der Waals surface area contributed by atoms with Gasteiger partial charge in [-0.3, -0.25) is 4.79 Å². The minimum absolute atomic E-state index is 0.0641. The van der Waals surface area contributed by atoms with Gasteiger partial charge in [0.05, 0.1) is 0 Å². The van der Waals surface area contributed by atoms with E-state index in [4.69, 9.17) is 5.73 Å². The van der Waals surface area contributed by atoms with E-state index in [0.29, 0.717) is 17.8 Å². The molecule has 0 bridgehead atoms. The van der Waals surface area contributed by atoms with Crippen molar-refractivity contribution in [2.24, 2.45) is 17.1 Å². The maximum absolute atomic E-state index is 11.3. The van der Waals surface area contributed by atoms with E-state index in [2.05, 4.69) is 33.0 Å². The van der Waals surface area contributed by atoms with E-state index in [1.165, 1.54) is 0 Å². The molecule has 0 aliphatic heterocycles. The van der Waals surface area contributed by atoms with Crippen LogP contribution in [0.3, 0.4) is 0 Å². The Morgan fingerprint density at radius 1 is 1.50 bits per heavy atom. The average Bonchev–Trinajstić information content (AvgIpc) is 2.32. The maximum atomic E-state index is 11.3. The van der Waals surface area contributed by atoms with Gasteiger partial charge < -0.3 is 11.1 Å². The number of hydrogen-bond acceptors (Lipinski definition) is 2. The van der Waals surface area contributed by atoms with E-state index in [1.807, 2.05) is 0 Å². The quantitative estimate of drug-likeness (QED) is 0.754. The molecule has 2 atom stereocenters. The lowest BCUT2D eigenvalue weighted by Gasteiger charge is -2.35. The highest BCUT2D eigenvalue weighted by molar-refractivity contribution is 5.75. The highest BCUT2D eigenvalue weighted by Crippen LogP contribution is 2.48. The first kappa shape index (κ1) is 13.5. The smallest absolute Gasteiger partial charge is 0.219 e. The van der Waals surface area contributed by atoms with Crippen LogP contribution in [0.25, 0.3) is 0 Å². The van der Waals surface area contributed by atoms with Crippen molar-refractivity contribution in [3.05, 3.63) is 0 Å². The van der Waals surface area contributed by atoms with E-state index >= 15 is 0 Å². The first-order chi connectivity index (χ1) is 7.31. The van der Waals surface area contributed by atoms with Crippen molar-refractivity contribution in [3.63, 3.8) is 0 Å². The molecule has 1 saturated carbocycles. The lowest BCUT2D eigenvalue weighted by atomic mass is 9.83. The molecule has 2 unspecified atom stereocenters. The van der Waals surface area contributed by atoms with Gasteiger partial charge in [-0.25, -0.2) is 0 Å². The SMILES string of the molecule is CCCNC1(CC(N)=O)CC(C)(C)CC1C. The van der Waals surface area contributed by atoms with Crippen molar-refractivity contribution < 1.29 is 4.79 Å². The predicted molar refractivity (Wildman–Crippen MR) is 67.0 cm³/mol. The molecule has 1 rings (SSSR count). The molecule has 3 nitrogen and oxygen atoms in total. The Kier molecular flexibility index (Phi) is 4.00. The number of primary amides is 1. The predicted octanol–water partition coefficient (Wildman–Crippen LogP) is 2.06. The lowest BCUT2D eigenvalue weighted by molar-refractivity contribution is -0.119. The summed E-state index contributed by atoms with van der Waals surface area (Å²) in [5.74, 6) is 0.328. The van der Waals surface area contributed by atoms with Crippen LogP contribution in [0, 0.1) is 11.3 Å². The molecule has 3 heteroatoms. The van der Waals surface area contributed by atoms with Gasteiger partial charge in [-0.1, -0.05) is 27.7 Å². The Morgan fingerprint density at radius 2 is 2.12 bits per heavy atom. The summed E-state index contributed by atoms with van der Waals surface area (Å²) in [6.07, 6.45) is 3.77. The van der Waals surface area contributed by atoms with E-state index < -0.39 is 0 Å². The molecule has 94 valence electrons. The Morgan fingerprint density at radius 3 is 2.50 bits per heavy atom. The third-order valence-electron chi connectivity index (χ3n) is 3.81. The van der Waals surface area contributed by atoms with Gasteiger partial charge in [-0.05, 0) is 37.1 Å². The molecule has 0 spiro atoms. The van der Waals surface area contributed by atoms with Crippen LogP contribution in [0.1, 0.15) is 53.4 Å². The molecular formula is C13H26N2O. The van der Waals surface area contributed by atoms with Gasteiger partial charge in [0, 0.05) is 12.0 Å². The Balaban J connectivity index is 2.82. The molecular weight excluding hydrogens is 200 g/mol. The van der Waals surface area contributed by atoms with Gasteiger partial charge in [0.25, 0.3) is 0 Å². The number of amides is 1. The van der Waals surface area contributed by atoms with Crippen molar-refractivity contribution in [3.8, 4) is 0 Å². The van der Waals surface area contributed by atoms with E-state index in [-0.39, 0.29) is 11.4 Å². The molecule has 0 saturated heterocycles. The second-order valence-electron chi connectivity index (χ2n) is 6.17. The first-order valence-corrected chi connectivity index (χ1v) is 6.35. The van der Waals surface area contributed by atoms with Crippen LogP contribution in [0.5, 0.6) is 0 Å². The number of carbonyl (C=O) groups is 1. The summed E-state index contributed by atoms with van der Waals surface area (Å²) in [7, 11) is 0.